The van der Waals surface area contributed by atoms with E-state index in [0.717, 1.165) is 11.1 Å². The maximum absolute atomic E-state index is 5.90. The van der Waals surface area contributed by atoms with Gasteiger partial charge in [0.05, 0.1) is 11.8 Å². The predicted octanol–water partition coefficient (Wildman–Crippen LogP) is 3.65. The SMILES string of the molecule is Clc1cccc(-c2noc(-c3ccoc3)n2)c1. The van der Waals surface area contributed by atoms with E-state index in [1.165, 1.54) is 0 Å². The maximum Gasteiger partial charge on any atom is 0.261 e. The van der Waals surface area contributed by atoms with Crippen LogP contribution in [-0.4, -0.2) is 10.1 Å². The molecule has 0 fully saturated rings. The van der Waals surface area contributed by atoms with Crippen molar-refractivity contribution in [1.82, 2.24) is 10.1 Å². The van der Waals surface area contributed by atoms with Gasteiger partial charge in [-0.1, -0.05) is 28.9 Å². The highest BCUT2D eigenvalue weighted by Crippen LogP contribution is 2.23. The molecule has 0 atom stereocenters. The minimum absolute atomic E-state index is 0.425. The zero-order valence-corrected chi connectivity index (χ0v) is 9.39. The van der Waals surface area contributed by atoms with Gasteiger partial charge in [-0.3, -0.25) is 0 Å². The number of benzene rings is 1. The van der Waals surface area contributed by atoms with Gasteiger partial charge in [0.1, 0.15) is 6.26 Å². The Morgan fingerprint density at radius 1 is 1.12 bits per heavy atom. The van der Waals surface area contributed by atoms with Crippen LogP contribution in [0.3, 0.4) is 0 Å². The average molecular weight is 247 g/mol. The fourth-order valence-corrected chi connectivity index (χ4v) is 1.66. The summed E-state index contributed by atoms with van der Waals surface area (Å²) in [5, 5.41) is 4.53. The Bertz CT molecular complexity index is 632. The Morgan fingerprint density at radius 3 is 2.82 bits per heavy atom. The Hall–Kier alpha value is -2.07. The summed E-state index contributed by atoms with van der Waals surface area (Å²) in [5.74, 6) is 0.928. The third kappa shape index (κ3) is 1.94. The lowest BCUT2D eigenvalue weighted by Gasteiger charge is -1.93. The van der Waals surface area contributed by atoms with Gasteiger partial charge < -0.3 is 8.94 Å². The third-order valence-corrected chi connectivity index (χ3v) is 2.51. The second kappa shape index (κ2) is 4.07. The topological polar surface area (TPSA) is 52.1 Å². The van der Waals surface area contributed by atoms with Gasteiger partial charge in [0.15, 0.2) is 0 Å². The molecule has 0 bridgehead atoms. The van der Waals surface area contributed by atoms with E-state index in [4.69, 9.17) is 20.5 Å². The molecule has 0 aliphatic carbocycles. The van der Waals surface area contributed by atoms with Gasteiger partial charge in [0.25, 0.3) is 5.89 Å². The first-order valence-electron chi connectivity index (χ1n) is 4.95. The molecule has 0 aliphatic heterocycles. The van der Waals surface area contributed by atoms with Crippen molar-refractivity contribution >= 4 is 11.6 Å². The monoisotopic (exact) mass is 246 g/mol. The van der Waals surface area contributed by atoms with E-state index in [2.05, 4.69) is 10.1 Å². The van der Waals surface area contributed by atoms with E-state index in [1.807, 2.05) is 12.1 Å². The van der Waals surface area contributed by atoms with E-state index < -0.39 is 0 Å². The second-order valence-electron chi connectivity index (χ2n) is 3.45. The smallest absolute Gasteiger partial charge is 0.261 e. The van der Waals surface area contributed by atoms with Crippen LogP contribution in [0.15, 0.2) is 51.8 Å². The molecule has 3 rings (SSSR count). The first kappa shape index (κ1) is 10.1. The number of nitrogens with zero attached hydrogens (tertiary/aromatic N) is 2. The molecule has 0 saturated carbocycles. The number of rotatable bonds is 2. The molecule has 84 valence electrons. The van der Waals surface area contributed by atoms with E-state index in [9.17, 15) is 0 Å². The lowest BCUT2D eigenvalue weighted by Crippen LogP contribution is -1.80. The molecule has 1 aromatic carbocycles. The zero-order chi connectivity index (χ0) is 11.7. The van der Waals surface area contributed by atoms with Crippen molar-refractivity contribution in [3.05, 3.63) is 47.9 Å². The van der Waals surface area contributed by atoms with E-state index in [1.54, 1.807) is 30.7 Å². The highest BCUT2D eigenvalue weighted by molar-refractivity contribution is 6.30. The quantitative estimate of drug-likeness (QED) is 0.693. The fourth-order valence-electron chi connectivity index (χ4n) is 1.47. The first-order valence-corrected chi connectivity index (χ1v) is 5.33. The van der Waals surface area contributed by atoms with Crippen molar-refractivity contribution in [3.63, 3.8) is 0 Å². The molecule has 5 heteroatoms. The lowest BCUT2D eigenvalue weighted by molar-refractivity contribution is 0.431. The minimum atomic E-state index is 0.425. The van der Waals surface area contributed by atoms with E-state index >= 15 is 0 Å². The molecule has 2 aromatic heterocycles. The molecule has 0 spiro atoms. The molecular weight excluding hydrogens is 240 g/mol. The highest BCUT2D eigenvalue weighted by Gasteiger charge is 2.11. The van der Waals surface area contributed by atoms with Crippen LogP contribution in [0, 0.1) is 0 Å². The summed E-state index contributed by atoms with van der Waals surface area (Å²) in [4.78, 5) is 4.27. The Balaban J connectivity index is 2.01. The molecule has 0 N–H and O–H groups in total. The third-order valence-electron chi connectivity index (χ3n) is 2.28. The van der Waals surface area contributed by atoms with Crippen molar-refractivity contribution in [2.75, 3.05) is 0 Å². The van der Waals surface area contributed by atoms with Gasteiger partial charge in [-0.25, -0.2) is 0 Å². The van der Waals surface area contributed by atoms with Crippen LogP contribution < -0.4 is 0 Å². The van der Waals surface area contributed by atoms with Crippen LogP contribution in [0.1, 0.15) is 0 Å². The van der Waals surface area contributed by atoms with Crippen LogP contribution in [-0.2, 0) is 0 Å². The number of furan rings is 1. The molecule has 0 aliphatic rings. The average Bonchev–Trinajstić information content (AvgIpc) is 3.00. The van der Waals surface area contributed by atoms with E-state index in [-0.39, 0.29) is 0 Å². The van der Waals surface area contributed by atoms with Gasteiger partial charge in [-0.05, 0) is 18.2 Å². The van der Waals surface area contributed by atoms with Gasteiger partial charge in [-0.15, -0.1) is 0 Å². The molecule has 4 nitrogen and oxygen atoms in total. The molecular formula is C12H7ClN2O2. The molecule has 0 radical (unpaired) electrons. The second-order valence-corrected chi connectivity index (χ2v) is 3.88. The summed E-state index contributed by atoms with van der Waals surface area (Å²) >= 11 is 5.90. The van der Waals surface area contributed by atoms with Crippen LogP contribution in [0.2, 0.25) is 5.02 Å². The molecule has 3 aromatic rings. The Labute approximate surface area is 102 Å². The molecule has 2 heterocycles. The summed E-state index contributed by atoms with van der Waals surface area (Å²) in [7, 11) is 0. The van der Waals surface area contributed by atoms with Crippen molar-refractivity contribution in [2.24, 2.45) is 0 Å². The summed E-state index contributed by atoms with van der Waals surface area (Å²) in [6, 6.07) is 9.05. The summed E-state index contributed by atoms with van der Waals surface area (Å²) < 4.78 is 10.1. The number of aromatic nitrogens is 2. The van der Waals surface area contributed by atoms with Gasteiger partial charge in [0.2, 0.25) is 5.82 Å². The van der Waals surface area contributed by atoms with Gasteiger partial charge in [-0.2, -0.15) is 4.98 Å². The van der Waals surface area contributed by atoms with Crippen molar-refractivity contribution in [2.45, 2.75) is 0 Å². The highest BCUT2D eigenvalue weighted by atomic mass is 35.5. The molecule has 0 saturated heterocycles. The van der Waals surface area contributed by atoms with Crippen molar-refractivity contribution < 1.29 is 8.94 Å². The van der Waals surface area contributed by atoms with Crippen LogP contribution in [0.4, 0.5) is 0 Å². The predicted molar refractivity (Wildman–Crippen MR) is 62.4 cm³/mol. The summed E-state index contributed by atoms with van der Waals surface area (Å²) in [6.45, 7) is 0. The van der Waals surface area contributed by atoms with Crippen molar-refractivity contribution in [1.29, 1.82) is 0 Å². The largest absolute Gasteiger partial charge is 0.472 e. The van der Waals surface area contributed by atoms with Crippen molar-refractivity contribution in [3.8, 4) is 22.8 Å². The molecule has 0 unspecified atom stereocenters. The molecule has 17 heavy (non-hydrogen) atoms. The van der Waals surface area contributed by atoms with E-state index in [0.29, 0.717) is 16.7 Å². The number of halogens is 1. The number of hydrogen-bond donors (Lipinski definition) is 0. The van der Waals surface area contributed by atoms with Gasteiger partial charge >= 0.3 is 0 Å². The Kier molecular flexibility index (Phi) is 2.42. The van der Waals surface area contributed by atoms with Crippen LogP contribution in [0.25, 0.3) is 22.8 Å². The summed E-state index contributed by atoms with van der Waals surface area (Å²) in [6.07, 6.45) is 3.11. The normalized spacial score (nSPS) is 10.6. The zero-order valence-electron chi connectivity index (χ0n) is 8.63. The Morgan fingerprint density at radius 2 is 2.06 bits per heavy atom. The molecule has 0 amide bonds. The minimum Gasteiger partial charge on any atom is -0.472 e. The van der Waals surface area contributed by atoms with Crippen LogP contribution in [0.5, 0.6) is 0 Å². The number of hydrogen-bond acceptors (Lipinski definition) is 4. The maximum atomic E-state index is 5.90. The van der Waals surface area contributed by atoms with Gasteiger partial charge in [0, 0.05) is 10.6 Å². The standard InChI is InChI=1S/C12H7ClN2O2/c13-10-3-1-2-8(6-10)11-14-12(17-15-11)9-4-5-16-7-9/h1-7H. The first-order chi connectivity index (χ1) is 8.33. The van der Waals surface area contributed by atoms with Crippen LogP contribution >= 0.6 is 11.6 Å². The fraction of sp³-hybridized carbons (Fsp3) is 0. The summed E-state index contributed by atoms with van der Waals surface area (Å²) in [5.41, 5.74) is 1.57. The lowest BCUT2D eigenvalue weighted by atomic mass is 10.2.